The zero-order chi connectivity index (χ0) is 25.4. The zero-order valence-electron chi connectivity index (χ0n) is 18.6. The molecule has 0 bridgehead atoms. The molecule has 4 rings (SSSR count). The molecule has 0 atom stereocenters. The molecule has 2 aliphatic rings. The van der Waals surface area contributed by atoms with E-state index in [0.29, 0.717) is 16.5 Å². The van der Waals surface area contributed by atoms with Gasteiger partial charge in [-0.05, 0) is 38.1 Å². The summed E-state index contributed by atoms with van der Waals surface area (Å²) in [7, 11) is -3.56. The third-order valence-corrected chi connectivity index (χ3v) is 6.65. The Labute approximate surface area is 200 Å². The number of nitrogens with one attached hydrogen (secondary N) is 1. The van der Waals surface area contributed by atoms with Crippen LogP contribution >= 0.6 is 0 Å². The second kappa shape index (κ2) is 8.54. The molecule has 1 N–H and O–H groups in total. The van der Waals surface area contributed by atoms with Gasteiger partial charge in [0.15, 0.2) is 11.3 Å². The molecule has 1 aromatic carbocycles. The Balaban J connectivity index is 1.84. The highest BCUT2D eigenvalue weighted by molar-refractivity contribution is 7.92. The van der Waals surface area contributed by atoms with E-state index in [1.165, 1.54) is 30.4 Å². The van der Waals surface area contributed by atoms with E-state index in [0.717, 1.165) is 0 Å². The number of rotatable bonds is 2. The summed E-state index contributed by atoms with van der Waals surface area (Å²) in [5.41, 5.74) is -0.591. The zero-order valence-corrected chi connectivity index (χ0v) is 19.4. The number of sulfonamides is 1. The van der Waals surface area contributed by atoms with Gasteiger partial charge in [-0.2, -0.15) is 15.8 Å². The van der Waals surface area contributed by atoms with E-state index in [-0.39, 0.29) is 45.9 Å². The fourth-order valence-electron chi connectivity index (χ4n) is 3.70. The van der Waals surface area contributed by atoms with E-state index in [2.05, 4.69) is 16.6 Å². The van der Waals surface area contributed by atoms with Gasteiger partial charge in [0, 0.05) is 17.4 Å². The Hall–Kier alpha value is -4.77. The second-order valence-corrected chi connectivity index (χ2v) is 10.0. The van der Waals surface area contributed by atoms with Crippen molar-refractivity contribution in [1.82, 2.24) is 0 Å². The average Bonchev–Trinajstić information content (AvgIpc) is 3.04. The highest BCUT2D eigenvalue weighted by atomic mass is 32.2. The van der Waals surface area contributed by atoms with Crippen molar-refractivity contribution in [2.24, 2.45) is 0 Å². The fraction of sp³-hybridized carbons (Fsp3) is 0.200. The van der Waals surface area contributed by atoms with Crippen LogP contribution in [-0.4, -0.2) is 19.8 Å². The first-order chi connectivity index (χ1) is 16.6. The minimum Gasteiger partial charge on any atom is -0.480 e. The van der Waals surface area contributed by atoms with E-state index in [1.807, 2.05) is 6.07 Å². The molecule has 0 spiro atoms. The molecule has 0 saturated carbocycles. The molecule has 10 heteroatoms. The van der Waals surface area contributed by atoms with Crippen LogP contribution in [0.4, 0.5) is 5.69 Å². The summed E-state index contributed by atoms with van der Waals surface area (Å²) in [6, 6.07) is 9.98. The van der Waals surface area contributed by atoms with Gasteiger partial charge < -0.3 is 9.15 Å². The molecular weight excluding hydrogens is 468 g/mol. The summed E-state index contributed by atoms with van der Waals surface area (Å²) in [6.45, 7) is 3.33. The predicted molar refractivity (Wildman–Crippen MR) is 126 cm³/mol. The van der Waals surface area contributed by atoms with E-state index in [1.54, 1.807) is 26.0 Å². The van der Waals surface area contributed by atoms with Gasteiger partial charge in [-0.15, -0.1) is 0 Å². The molecule has 172 valence electrons. The van der Waals surface area contributed by atoms with Crippen LogP contribution in [0.5, 0.6) is 0 Å². The van der Waals surface area contributed by atoms with Gasteiger partial charge >= 0.3 is 5.63 Å². The van der Waals surface area contributed by atoms with Crippen LogP contribution in [-0.2, 0) is 14.8 Å². The van der Waals surface area contributed by atoms with E-state index < -0.39 is 21.2 Å². The molecule has 35 heavy (non-hydrogen) atoms. The van der Waals surface area contributed by atoms with Crippen LogP contribution < -0.4 is 10.3 Å². The van der Waals surface area contributed by atoms with Gasteiger partial charge in [-0.1, -0.05) is 17.9 Å². The molecule has 3 heterocycles. The van der Waals surface area contributed by atoms with Crippen molar-refractivity contribution < 1.29 is 17.6 Å². The number of nitrogens with zero attached hydrogens (tertiary/aromatic N) is 3. The summed E-state index contributed by atoms with van der Waals surface area (Å²) in [6.07, 6.45) is 3.12. The van der Waals surface area contributed by atoms with Crippen LogP contribution in [0.2, 0.25) is 0 Å². The molecule has 0 unspecified atom stereocenters. The van der Waals surface area contributed by atoms with Crippen LogP contribution in [0, 0.1) is 45.8 Å². The average molecular weight is 484 g/mol. The Bertz CT molecular complexity index is 1730. The van der Waals surface area contributed by atoms with Crippen molar-refractivity contribution in [2.75, 3.05) is 10.5 Å². The lowest BCUT2D eigenvalue weighted by atomic mass is 9.94. The number of hydrogen-bond donors (Lipinski definition) is 1. The SMILES string of the molecule is CC1(C)OC(=C(C#N)C#N)C(C#N)=C1/C=C/c1cc2cc3c(cc2oc1=O)C#CCCS(=O)(=O)N3. The van der Waals surface area contributed by atoms with Crippen molar-refractivity contribution in [2.45, 2.75) is 25.9 Å². The topological polar surface area (TPSA) is 157 Å². The van der Waals surface area contributed by atoms with Gasteiger partial charge in [0.1, 0.15) is 35.0 Å². The first kappa shape index (κ1) is 23.4. The lowest BCUT2D eigenvalue weighted by Gasteiger charge is -2.20. The minimum absolute atomic E-state index is 0.0175. The molecule has 0 aliphatic carbocycles. The van der Waals surface area contributed by atoms with Gasteiger partial charge in [-0.3, -0.25) is 4.72 Å². The number of anilines is 1. The van der Waals surface area contributed by atoms with Crippen LogP contribution in [0.25, 0.3) is 17.0 Å². The number of ether oxygens (including phenoxy) is 1. The minimum atomic E-state index is -3.56. The van der Waals surface area contributed by atoms with Crippen molar-refractivity contribution in [1.29, 1.82) is 15.8 Å². The molecule has 0 saturated heterocycles. The smallest absolute Gasteiger partial charge is 0.343 e. The van der Waals surface area contributed by atoms with E-state index in [9.17, 15) is 29.0 Å². The summed E-state index contributed by atoms with van der Waals surface area (Å²) in [5, 5.41) is 28.5. The van der Waals surface area contributed by atoms with E-state index in [4.69, 9.17) is 9.15 Å². The standard InChI is InChI=1S/C25H16N4O5S/c1-25(2)20(19(14-28)23(34-25)18(12-26)13-27)7-6-16-9-17-10-21-15(11-22(17)33-24(16)30)5-3-4-8-35(31,32)29-21/h6-7,9-11,29H,4,8H2,1-2H3/b7-6+. The Morgan fingerprint density at radius 1 is 1.17 bits per heavy atom. The van der Waals surface area contributed by atoms with Crippen LogP contribution in [0.3, 0.4) is 0 Å². The normalized spacial score (nSPS) is 17.5. The van der Waals surface area contributed by atoms with Gasteiger partial charge in [0.2, 0.25) is 10.0 Å². The number of hydrogen-bond acceptors (Lipinski definition) is 8. The fourth-order valence-corrected chi connectivity index (χ4v) is 4.68. The first-order valence-corrected chi connectivity index (χ1v) is 11.9. The lowest BCUT2D eigenvalue weighted by molar-refractivity contribution is 0.0954. The van der Waals surface area contributed by atoms with Crippen molar-refractivity contribution in [3.63, 3.8) is 0 Å². The van der Waals surface area contributed by atoms with Crippen LogP contribution in [0.15, 0.2) is 56.0 Å². The number of fused-ring (bicyclic) bond motifs is 2. The molecular formula is C25H16N4O5S. The quantitative estimate of drug-likeness (QED) is 0.387. The predicted octanol–water partition coefficient (Wildman–Crippen LogP) is 3.23. The van der Waals surface area contributed by atoms with E-state index >= 15 is 0 Å². The molecule has 0 fully saturated rings. The highest BCUT2D eigenvalue weighted by Crippen LogP contribution is 2.40. The maximum absolute atomic E-state index is 12.6. The first-order valence-electron chi connectivity index (χ1n) is 10.3. The third kappa shape index (κ3) is 4.39. The summed E-state index contributed by atoms with van der Waals surface area (Å²) < 4.78 is 38.0. The third-order valence-electron chi connectivity index (χ3n) is 5.38. The van der Waals surface area contributed by atoms with Crippen molar-refractivity contribution in [3.8, 4) is 30.0 Å². The van der Waals surface area contributed by atoms with Gasteiger partial charge in [0.25, 0.3) is 0 Å². The van der Waals surface area contributed by atoms with Gasteiger partial charge in [0.05, 0.1) is 22.6 Å². The maximum atomic E-state index is 12.6. The largest absolute Gasteiger partial charge is 0.480 e. The second-order valence-electron chi connectivity index (χ2n) is 8.17. The summed E-state index contributed by atoms with van der Waals surface area (Å²) in [4.78, 5) is 12.6. The number of allylic oxidation sites excluding steroid dienone is 2. The van der Waals surface area contributed by atoms with Crippen LogP contribution in [0.1, 0.15) is 31.4 Å². The maximum Gasteiger partial charge on any atom is 0.343 e. The summed E-state index contributed by atoms with van der Waals surface area (Å²) in [5.74, 6) is 5.43. The molecule has 9 nitrogen and oxygen atoms in total. The van der Waals surface area contributed by atoms with Crippen molar-refractivity contribution >= 4 is 32.8 Å². The Kier molecular flexibility index (Phi) is 5.71. The Morgan fingerprint density at radius 3 is 2.60 bits per heavy atom. The lowest BCUT2D eigenvalue weighted by Crippen LogP contribution is -2.20. The number of nitriles is 3. The van der Waals surface area contributed by atoms with Gasteiger partial charge in [-0.25, -0.2) is 13.2 Å². The highest BCUT2D eigenvalue weighted by Gasteiger charge is 2.38. The molecule has 2 aromatic rings. The summed E-state index contributed by atoms with van der Waals surface area (Å²) >= 11 is 0. The monoisotopic (exact) mass is 484 g/mol. The van der Waals surface area contributed by atoms with Crippen molar-refractivity contribution in [3.05, 3.63) is 68.3 Å². The molecule has 0 radical (unpaired) electrons. The molecule has 1 aromatic heterocycles. The molecule has 0 amide bonds. The number of benzene rings is 1. The molecule has 2 aliphatic heterocycles. The Morgan fingerprint density at radius 2 is 1.91 bits per heavy atom.